The summed E-state index contributed by atoms with van der Waals surface area (Å²) in [4.78, 5) is 31.2. The van der Waals surface area contributed by atoms with Gasteiger partial charge < -0.3 is 24.4 Å². The highest BCUT2D eigenvalue weighted by molar-refractivity contribution is 5.97. The van der Waals surface area contributed by atoms with Gasteiger partial charge in [0.15, 0.2) is 0 Å². The predicted octanol–water partition coefficient (Wildman–Crippen LogP) is 3.40. The number of carbonyl (C=O) groups is 2. The van der Waals surface area contributed by atoms with Gasteiger partial charge in [-0.3, -0.25) is 4.79 Å². The monoisotopic (exact) mass is 491 g/mol. The predicted molar refractivity (Wildman–Crippen MR) is 132 cm³/mol. The van der Waals surface area contributed by atoms with Crippen LogP contribution in [0.5, 0.6) is 11.6 Å². The number of aryl methyl sites for hydroxylation is 1. The molecule has 10 nitrogen and oxygen atoms in total. The van der Waals surface area contributed by atoms with Crippen molar-refractivity contribution < 1.29 is 23.8 Å². The number of ether oxygens (including phenoxy) is 3. The molecule has 0 spiro atoms. The Morgan fingerprint density at radius 1 is 1.08 bits per heavy atom. The molecular weight excluding hydrogens is 462 g/mol. The minimum atomic E-state index is -0.351. The van der Waals surface area contributed by atoms with Gasteiger partial charge in [0.1, 0.15) is 23.1 Å². The smallest absolute Gasteiger partial charge is 0.409 e. The second-order valence-corrected chi connectivity index (χ2v) is 8.47. The zero-order valence-electron chi connectivity index (χ0n) is 20.6. The molecule has 0 aliphatic carbocycles. The molecule has 1 aromatic carbocycles. The van der Waals surface area contributed by atoms with Crippen LogP contribution in [0.4, 0.5) is 4.79 Å². The molecule has 36 heavy (non-hydrogen) atoms. The van der Waals surface area contributed by atoms with Gasteiger partial charge in [0.25, 0.3) is 5.91 Å². The van der Waals surface area contributed by atoms with Crippen molar-refractivity contribution in [1.29, 1.82) is 0 Å². The second kappa shape index (κ2) is 11.5. The van der Waals surface area contributed by atoms with E-state index < -0.39 is 0 Å². The van der Waals surface area contributed by atoms with Gasteiger partial charge in [-0.05, 0) is 18.6 Å². The lowest BCUT2D eigenvalue weighted by molar-refractivity contribution is 0.0788. The van der Waals surface area contributed by atoms with E-state index in [0.29, 0.717) is 49.5 Å². The fraction of sp³-hybridized carbons (Fsp3) is 0.346. The van der Waals surface area contributed by atoms with Crippen LogP contribution in [0.1, 0.15) is 34.3 Å². The first-order valence-corrected chi connectivity index (χ1v) is 11.7. The number of aromatic nitrogens is 3. The van der Waals surface area contributed by atoms with Gasteiger partial charge >= 0.3 is 6.09 Å². The van der Waals surface area contributed by atoms with E-state index in [9.17, 15) is 9.59 Å². The normalized spacial score (nSPS) is 13.7. The Morgan fingerprint density at radius 2 is 1.83 bits per heavy atom. The van der Waals surface area contributed by atoms with E-state index in [1.165, 1.54) is 14.2 Å². The van der Waals surface area contributed by atoms with Crippen molar-refractivity contribution in [3.05, 3.63) is 65.5 Å². The maximum absolute atomic E-state index is 13.1. The summed E-state index contributed by atoms with van der Waals surface area (Å²) in [6.45, 7) is 3.40. The highest BCUT2D eigenvalue weighted by Gasteiger charge is 2.27. The van der Waals surface area contributed by atoms with Crippen molar-refractivity contribution in [3.63, 3.8) is 0 Å². The summed E-state index contributed by atoms with van der Waals surface area (Å²) >= 11 is 0. The summed E-state index contributed by atoms with van der Waals surface area (Å²) in [5.74, 6) is 0.279. The summed E-state index contributed by atoms with van der Waals surface area (Å²) in [6, 6.07) is 11.4. The molecule has 1 saturated heterocycles. The van der Waals surface area contributed by atoms with Crippen molar-refractivity contribution >= 4 is 12.0 Å². The third-order valence-corrected chi connectivity index (χ3v) is 5.99. The molecule has 3 heterocycles. The average Bonchev–Trinajstić information content (AvgIpc) is 2.92. The quantitative estimate of drug-likeness (QED) is 0.535. The van der Waals surface area contributed by atoms with Crippen LogP contribution in [0.25, 0.3) is 11.3 Å². The summed E-state index contributed by atoms with van der Waals surface area (Å²) in [7, 11) is 2.84. The Hall–Kier alpha value is -4.21. The first-order chi connectivity index (χ1) is 17.5. The van der Waals surface area contributed by atoms with Crippen LogP contribution in [0.2, 0.25) is 0 Å². The summed E-state index contributed by atoms with van der Waals surface area (Å²) in [5.41, 5.74) is 3.56. The van der Waals surface area contributed by atoms with Gasteiger partial charge in [0.05, 0.1) is 26.6 Å². The van der Waals surface area contributed by atoms with Gasteiger partial charge in [-0.25, -0.2) is 9.78 Å². The van der Waals surface area contributed by atoms with E-state index in [-0.39, 0.29) is 29.5 Å². The van der Waals surface area contributed by atoms with Crippen molar-refractivity contribution in [1.82, 2.24) is 25.4 Å². The summed E-state index contributed by atoms with van der Waals surface area (Å²) in [5, 5.41) is 10.7. The van der Waals surface area contributed by atoms with Crippen LogP contribution in [0.15, 0.2) is 48.8 Å². The Morgan fingerprint density at radius 3 is 2.47 bits per heavy atom. The minimum Gasteiger partial charge on any atom is -0.488 e. The van der Waals surface area contributed by atoms with Gasteiger partial charge in [0, 0.05) is 44.1 Å². The van der Waals surface area contributed by atoms with Crippen molar-refractivity contribution in [2.24, 2.45) is 0 Å². The number of amides is 2. The highest BCUT2D eigenvalue weighted by Crippen LogP contribution is 2.34. The largest absolute Gasteiger partial charge is 0.488 e. The molecular formula is C26H29N5O5. The first-order valence-electron chi connectivity index (χ1n) is 11.7. The van der Waals surface area contributed by atoms with Crippen LogP contribution < -0.4 is 14.8 Å². The fourth-order valence-electron chi connectivity index (χ4n) is 3.97. The standard InChI is InChI=1S/C26H29N5O5/c1-17-4-6-18(7-5-17)15-27-24(32)21-14-22(36-20-9-12-31(13-10-20)26(33)35-3)23(30-25(21)34-2)19-8-11-28-29-16-19/h4-8,11,14,16,20H,9-10,12-13,15H2,1-3H3,(H,27,32). The van der Waals surface area contributed by atoms with E-state index in [2.05, 4.69) is 20.5 Å². The number of benzene rings is 1. The molecule has 3 aromatic rings. The lowest BCUT2D eigenvalue weighted by Crippen LogP contribution is -2.41. The van der Waals surface area contributed by atoms with Crippen LogP contribution in [-0.2, 0) is 11.3 Å². The van der Waals surface area contributed by atoms with E-state index in [0.717, 1.165) is 11.1 Å². The molecule has 1 N–H and O–H groups in total. The Bertz CT molecular complexity index is 1200. The van der Waals surface area contributed by atoms with Gasteiger partial charge in [-0.15, -0.1) is 0 Å². The molecule has 188 valence electrons. The number of hydrogen-bond acceptors (Lipinski definition) is 8. The number of carbonyl (C=O) groups excluding carboxylic acids is 2. The zero-order chi connectivity index (χ0) is 25.5. The molecule has 10 heteroatoms. The molecule has 0 atom stereocenters. The lowest BCUT2D eigenvalue weighted by Gasteiger charge is -2.31. The Balaban J connectivity index is 1.59. The third-order valence-electron chi connectivity index (χ3n) is 5.99. The van der Waals surface area contributed by atoms with Crippen LogP contribution in [0, 0.1) is 6.92 Å². The van der Waals surface area contributed by atoms with Crippen LogP contribution in [0.3, 0.4) is 0 Å². The summed E-state index contributed by atoms with van der Waals surface area (Å²) in [6.07, 6.45) is 3.85. The second-order valence-electron chi connectivity index (χ2n) is 8.47. The molecule has 1 aliphatic heterocycles. The maximum Gasteiger partial charge on any atom is 0.409 e. The number of rotatable bonds is 7. The third kappa shape index (κ3) is 5.88. The van der Waals surface area contributed by atoms with E-state index >= 15 is 0 Å². The molecule has 2 amide bonds. The maximum atomic E-state index is 13.1. The molecule has 4 rings (SSSR count). The highest BCUT2D eigenvalue weighted by atomic mass is 16.5. The number of methoxy groups -OCH3 is 2. The molecule has 1 fully saturated rings. The van der Waals surface area contributed by atoms with E-state index in [4.69, 9.17) is 14.2 Å². The van der Waals surface area contributed by atoms with Crippen LogP contribution >= 0.6 is 0 Å². The molecule has 1 aliphatic rings. The van der Waals surface area contributed by atoms with Gasteiger partial charge in [0.2, 0.25) is 5.88 Å². The Kier molecular flexibility index (Phi) is 7.94. The molecule has 0 radical (unpaired) electrons. The molecule has 0 bridgehead atoms. The van der Waals surface area contributed by atoms with Crippen molar-refractivity contribution in [2.45, 2.75) is 32.4 Å². The molecule has 2 aromatic heterocycles. The van der Waals surface area contributed by atoms with Crippen molar-refractivity contribution in [2.75, 3.05) is 27.3 Å². The number of likely N-dealkylation sites (tertiary alicyclic amines) is 1. The number of piperidine rings is 1. The SMILES string of the molecule is COC(=O)N1CCC(Oc2cc(C(=O)NCc3ccc(C)cc3)c(OC)nc2-c2ccnnc2)CC1. The van der Waals surface area contributed by atoms with Crippen LogP contribution in [-0.4, -0.2) is 65.5 Å². The zero-order valence-corrected chi connectivity index (χ0v) is 20.6. The average molecular weight is 492 g/mol. The topological polar surface area (TPSA) is 116 Å². The number of pyridine rings is 1. The van der Waals surface area contributed by atoms with Crippen molar-refractivity contribution in [3.8, 4) is 22.9 Å². The Labute approximate surface area is 209 Å². The lowest BCUT2D eigenvalue weighted by atomic mass is 10.1. The number of nitrogens with zero attached hydrogens (tertiary/aromatic N) is 4. The minimum absolute atomic E-state index is 0.168. The van der Waals surface area contributed by atoms with Gasteiger partial charge in [-0.2, -0.15) is 10.2 Å². The van der Waals surface area contributed by atoms with E-state index in [1.807, 2.05) is 31.2 Å². The number of nitrogens with one attached hydrogen (secondary N) is 1. The first kappa shape index (κ1) is 24.9. The number of hydrogen-bond donors (Lipinski definition) is 1. The summed E-state index contributed by atoms with van der Waals surface area (Å²) < 4.78 is 16.6. The molecule has 0 unspecified atom stereocenters. The molecule has 0 saturated carbocycles. The fourth-order valence-corrected chi connectivity index (χ4v) is 3.97. The van der Waals surface area contributed by atoms with E-state index in [1.54, 1.807) is 29.4 Å². The van der Waals surface area contributed by atoms with Gasteiger partial charge in [-0.1, -0.05) is 29.8 Å².